The van der Waals surface area contributed by atoms with E-state index in [0.717, 1.165) is 0 Å². The lowest BCUT2D eigenvalue weighted by Gasteiger charge is -2.15. The number of amides is 1. The number of benzene rings is 3. The van der Waals surface area contributed by atoms with E-state index in [0.29, 0.717) is 5.56 Å². The molecule has 7 nitrogen and oxygen atoms in total. The lowest BCUT2D eigenvalue weighted by Crippen LogP contribution is -2.25. The van der Waals surface area contributed by atoms with Crippen LogP contribution in [-0.2, 0) is 11.4 Å². The summed E-state index contributed by atoms with van der Waals surface area (Å²) in [6.07, 6.45) is 1.24. The van der Waals surface area contributed by atoms with Crippen LogP contribution in [-0.4, -0.2) is 16.5 Å². The molecule has 0 N–H and O–H groups in total. The van der Waals surface area contributed by atoms with E-state index in [1.807, 2.05) is 0 Å². The highest BCUT2D eigenvalue weighted by molar-refractivity contribution is 6.33. The molecule has 0 saturated heterocycles. The molecule has 37 heavy (non-hydrogen) atoms. The minimum absolute atomic E-state index is 0.0203. The first-order valence-electron chi connectivity index (χ1n) is 10.3. The van der Waals surface area contributed by atoms with Gasteiger partial charge in [-0.1, -0.05) is 11.6 Å². The summed E-state index contributed by atoms with van der Waals surface area (Å²) in [5.74, 6) is -12.2. The van der Waals surface area contributed by atoms with Gasteiger partial charge >= 0.3 is 0 Å². The average Bonchev–Trinajstić information content (AvgIpc) is 3.14. The molecule has 0 spiro atoms. The Bertz CT molecular complexity index is 1480. The first-order valence-corrected chi connectivity index (χ1v) is 10.7. The zero-order valence-electron chi connectivity index (χ0n) is 18.6. The largest absolute Gasteiger partial charge is 0.488 e. The Labute approximate surface area is 210 Å². The molecule has 0 saturated carbocycles. The Morgan fingerprint density at radius 3 is 2.19 bits per heavy atom. The van der Waals surface area contributed by atoms with Crippen molar-refractivity contribution in [1.29, 1.82) is 0 Å². The normalized spacial score (nSPS) is 14.4. The lowest BCUT2D eigenvalue weighted by atomic mass is 10.1. The van der Waals surface area contributed by atoms with Crippen LogP contribution in [0.5, 0.6) is 5.75 Å². The third-order valence-electron chi connectivity index (χ3n) is 5.27. The molecule has 0 radical (unpaired) electrons. The van der Waals surface area contributed by atoms with Crippen LogP contribution in [0.15, 0.2) is 53.1 Å². The predicted octanol–water partition coefficient (Wildman–Crippen LogP) is 6.33. The van der Waals surface area contributed by atoms with Crippen LogP contribution >= 0.6 is 11.6 Å². The molecule has 3 aromatic rings. The molecule has 0 bridgehead atoms. The Balaban J connectivity index is 1.66. The number of hydrogen-bond acceptors (Lipinski definition) is 5. The van der Waals surface area contributed by atoms with Crippen molar-refractivity contribution < 1.29 is 36.4 Å². The summed E-state index contributed by atoms with van der Waals surface area (Å²) in [5, 5.41) is 14.8. The Kier molecular flexibility index (Phi) is 6.94. The molecule has 13 heteroatoms. The summed E-state index contributed by atoms with van der Waals surface area (Å²) >= 11 is 6.06. The van der Waals surface area contributed by atoms with Crippen LogP contribution in [0.3, 0.4) is 0 Å². The standard InChI is InChI=1S/C24H13ClF5N3O4/c1-11-16(24(34)32(31-11)23-21(29)19(27)18(26)20(28)22(23)30)9-13-8-14(25)4-7-17(13)37-10-12-2-5-15(6-3-12)33(35)36/h2-9H,10H2,1H3/b16-9-. The van der Waals surface area contributed by atoms with Crippen molar-refractivity contribution in [2.24, 2.45) is 5.10 Å². The summed E-state index contributed by atoms with van der Waals surface area (Å²) < 4.78 is 75.1. The number of nitrogens with zero attached hydrogens (tertiary/aromatic N) is 3. The van der Waals surface area contributed by atoms with Gasteiger partial charge in [-0.3, -0.25) is 14.9 Å². The van der Waals surface area contributed by atoms with Crippen LogP contribution in [0.2, 0.25) is 5.02 Å². The Hall–Kier alpha value is -4.32. The van der Waals surface area contributed by atoms with E-state index in [-0.39, 0.29) is 44.9 Å². The van der Waals surface area contributed by atoms with Gasteiger partial charge in [0.05, 0.1) is 16.2 Å². The highest BCUT2D eigenvalue weighted by Crippen LogP contribution is 2.35. The van der Waals surface area contributed by atoms with Crippen molar-refractivity contribution in [3.8, 4) is 5.75 Å². The summed E-state index contributed by atoms with van der Waals surface area (Å²) in [4.78, 5) is 23.2. The van der Waals surface area contributed by atoms with E-state index >= 15 is 0 Å². The molecule has 0 aromatic heterocycles. The van der Waals surface area contributed by atoms with E-state index in [1.54, 1.807) is 0 Å². The first-order chi connectivity index (χ1) is 17.5. The monoisotopic (exact) mass is 537 g/mol. The third kappa shape index (κ3) is 4.87. The van der Waals surface area contributed by atoms with Gasteiger partial charge in [-0.15, -0.1) is 0 Å². The quantitative estimate of drug-likeness (QED) is 0.0918. The molecule has 1 heterocycles. The fourth-order valence-corrected chi connectivity index (χ4v) is 3.59. The first kappa shape index (κ1) is 25.8. The Morgan fingerprint density at radius 1 is 1.00 bits per heavy atom. The van der Waals surface area contributed by atoms with E-state index in [9.17, 15) is 36.9 Å². The van der Waals surface area contributed by atoms with Crippen LogP contribution in [0.4, 0.5) is 33.3 Å². The number of anilines is 1. The van der Waals surface area contributed by atoms with Crippen molar-refractivity contribution >= 4 is 40.7 Å². The number of nitro groups is 1. The van der Waals surface area contributed by atoms with Crippen LogP contribution in [0.1, 0.15) is 18.1 Å². The summed E-state index contributed by atoms with van der Waals surface area (Å²) in [6.45, 7) is 1.28. The number of hydrazone groups is 1. The van der Waals surface area contributed by atoms with Crippen LogP contribution in [0, 0.1) is 39.2 Å². The second-order valence-electron chi connectivity index (χ2n) is 7.67. The van der Waals surface area contributed by atoms with Gasteiger partial charge in [0.15, 0.2) is 23.3 Å². The maximum absolute atomic E-state index is 14.3. The zero-order chi connectivity index (χ0) is 27.0. The number of non-ortho nitro benzene ring substituents is 1. The maximum Gasteiger partial charge on any atom is 0.280 e. The van der Waals surface area contributed by atoms with Crippen molar-refractivity contribution in [2.45, 2.75) is 13.5 Å². The van der Waals surface area contributed by atoms with Gasteiger partial charge in [0.2, 0.25) is 5.82 Å². The number of ether oxygens (including phenoxy) is 1. The molecule has 4 rings (SSSR count). The molecular formula is C24H13ClF5N3O4. The SMILES string of the molecule is CC1=NN(c2c(F)c(F)c(F)c(F)c2F)C(=O)/C1=C\c1cc(Cl)ccc1OCc1ccc([N+](=O)[O-])cc1. The second kappa shape index (κ2) is 9.97. The van der Waals surface area contributed by atoms with Gasteiger partial charge in [0, 0.05) is 22.7 Å². The van der Waals surface area contributed by atoms with Gasteiger partial charge in [-0.05, 0) is 48.9 Å². The molecule has 0 atom stereocenters. The molecule has 1 aliphatic heterocycles. The molecule has 0 unspecified atom stereocenters. The molecule has 3 aromatic carbocycles. The number of nitro benzene ring substituents is 1. The van der Waals surface area contributed by atoms with Crippen LogP contribution in [0.25, 0.3) is 6.08 Å². The van der Waals surface area contributed by atoms with Crippen molar-refractivity contribution in [2.75, 3.05) is 5.01 Å². The average molecular weight is 538 g/mol. The lowest BCUT2D eigenvalue weighted by molar-refractivity contribution is -0.384. The second-order valence-corrected chi connectivity index (χ2v) is 8.11. The van der Waals surface area contributed by atoms with E-state index < -0.39 is 45.6 Å². The molecule has 190 valence electrons. The van der Waals surface area contributed by atoms with E-state index in [4.69, 9.17) is 16.3 Å². The number of carbonyl (C=O) groups is 1. The van der Waals surface area contributed by atoms with Crippen LogP contribution < -0.4 is 9.75 Å². The van der Waals surface area contributed by atoms with Gasteiger partial charge in [0.1, 0.15) is 18.0 Å². The molecule has 0 fully saturated rings. The van der Waals surface area contributed by atoms with E-state index in [2.05, 4.69) is 5.10 Å². The fourth-order valence-electron chi connectivity index (χ4n) is 3.41. The number of carbonyl (C=O) groups excluding carboxylic acids is 1. The van der Waals surface area contributed by atoms with Gasteiger partial charge in [0.25, 0.3) is 11.6 Å². The Morgan fingerprint density at radius 2 is 1.59 bits per heavy atom. The van der Waals surface area contributed by atoms with Crippen molar-refractivity contribution in [3.05, 3.63) is 103 Å². The molecule has 1 amide bonds. The summed E-state index contributed by atoms with van der Waals surface area (Å²) in [7, 11) is 0. The van der Waals surface area contributed by atoms with Crippen molar-refractivity contribution in [3.63, 3.8) is 0 Å². The topological polar surface area (TPSA) is 85.0 Å². The number of hydrogen-bond donors (Lipinski definition) is 0. The predicted molar refractivity (Wildman–Crippen MR) is 124 cm³/mol. The third-order valence-corrected chi connectivity index (χ3v) is 5.51. The highest BCUT2D eigenvalue weighted by Gasteiger charge is 2.37. The molecular weight excluding hydrogens is 525 g/mol. The van der Waals surface area contributed by atoms with E-state index in [1.165, 1.54) is 55.5 Å². The van der Waals surface area contributed by atoms with Gasteiger partial charge in [-0.2, -0.15) is 10.1 Å². The highest BCUT2D eigenvalue weighted by atomic mass is 35.5. The summed E-state index contributed by atoms with van der Waals surface area (Å²) in [6, 6.07) is 9.97. The minimum atomic E-state index is -2.37. The van der Waals surface area contributed by atoms with Gasteiger partial charge < -0.3 is 4.74 Å². The number of rotatable bonds is 6. The van der Waals surface area contributed by atoms with Crippen molar-refractivity contribution in [1.82, 2.24) is 0 Å². The fraction of sp³-hybridized carbons (Fsp3) is 0.0833. The van der Waals surface area contributed by atoms with Gasteiger partial charge in [-0.25, -0.2) is 22.0 Å². The number of halogens is 6. The molecule has 0 aliphatic carbocycles. The maximum atomic E-state index is 14.3. The molecule has 1 aliphatic rings. The zero-order valence-corrected chi connectivity index (χ0v) is 19.3. The minimum Gasteiger partial charge on any atom is -0.488 e. The smallest absolute Gasteiger partial charge is 0.280 e. The summed E-state index contributed by atoms with van der Waals surface area (Å²) in [5.41, 5.74) is -1.07.